The van der Waals surface area contributed by atoms with Crippen molar-refractivity contribution in [2.45, 2.75) is 31.4 Å². The van der Waals surface area contributed by atoms with Gasteiger partial charge < -0.3 is 19.4 Å². The van der Waals surface area contributed by atoms with E-state index in [0.717, 1.165) is 12.8 Å². The summed E-state index contributed by atoms with van der Waals surface area (Å²) in [4.78, 5) is 22.9. The van der Waals surface area contributed by atoms with Crippen LogP contribution in [0, 0.1) is 6.92 Å². The molecule has 0 saturated carbocycles. The van der Waals surface area contributed by atoms with E-state index in [9.17, 15) is 4.79 Å². The molecule has 2 atom stereocenters. The Morgan fingerprint density at radius 3 is 3.00 bits per heavy atom. The van der Waals surface area contributed by atoms with Gasteiger partial charge in [0.2, 0.25) is 5.95 Å². The molecule has 7 nitrogen and oxygen atoms in total. The molecule has 0 bridgehead atoms. The SMILES string of the molecule is Cc1occc1C(=O)N1CCC2(CC(Nc3ncccn3)CO2)C1. The fourth-order valence-corrected chi connectivity index (χ4v) is 3.57. The van der Waals surface area contributed by atoms with Crippen molar-refractivity contribution < 1.29 is 13.9 Å². The zero-order chi connectivity index (χ0) is 16.6. The van der Waals surface area contributed by atoms with E-state index < -0.39 is 0 Å². The first-order valence-corrected chi connectivity index (χ1v) is 8.16. The average molecular weight is 328 g/mol. The van der Waals surface area contributed by atoms with Crippen LogP contribution in [0.4, 0.5) is 5.95 Å². The highest BCUT2D eigenvalue weighted by Crippen LogP contribution is 2.36. The Hall–Kier alpha value is -2.41. The maximum atomic E-state index is 12.6. The minimum atomic E-state index is -0.264. The first kappa shape index (κ1) is 15.1. The van der Waals surface area contributed by atoms with E-state index in [4.69, 9.17) is 9.15 Å². The minimum Gasteiger partial charge on any atom is -0.469 e. The summed E-state index contributed by atoms with van der Waals surface area (Å²) in [5, 5.41) is 3.31. The smallest absolute Gasteiger partial charge is 0.257 e. The summed E-state index contributed by atoms with van der Waals surface area (Å²) in [5.41, 5.74) is 0.372. The van der Waals surface area contributed by atoms with Gasteiger partial charge in [-0.15, -0.1) is 0 Å². The molecular weight excluding hydrogens is 308 g/mol. The summed E-state index contributed by atoms with van der Waals surface area (Å²) in [6.07, 6.45) is 6.68. The number of furan rings is 1. The summed E-state index contributed by atoms with van der Waals surface area (Å²) in [7, 11) is 0. The van der Waals surface area contributed by atoms with E-state index >= 15 is 0 Å². The number of carbonyl (C=O) groups excluding carboxylic acids is 1. The van der Waals surface area contributed by atoms with E-state index in [2.05, 4.69) is 15.3 Å². The molecule has 0 aliphatic carbocycles. The van der Waals surface area contributed by atoms with Crippen LogP contribution < -0.4 is 5.32 Å². The number of hydrogen-bond donors (Lipinski definition) is 1. The monoisotopic (exact) mass is 328 g/mol. The Balaban J connectivity index is 1.40. The van der Waals surface area contributed by atoms with Crippen molar-refractivity contribution in [2.75, 3.05) is 25.0 Å². The van der Waals surface area contributed by atoms with Gasteiger partial charge in [0.15, 0.2) is 0 Å². The minimum absolute atomic E-state index is 0.0181. The summed E-state index contributed by atoms with van der Waals surface area (Å²) < 4.78 is 11.3. The van der Waals surface area contributed by atoms with Crippen molar-refractivity contribution >= 4 is 11.9 Å². The second-order valence-electron chi connectivity index (χ2n) is 6.48. The quantitative estimate of drug-likeness (QED) is 0.926. The zero-order valence-corrected chi connectivity index (χ0v) is 13.6. The number of carbonyl (C=O) groups is 1. The third kappa shape index (κ3) is 2.75. The van der Waals surface area contributed by atoms with Gasteiger partial charge in [-0.2, -0.15) is 0 Å². The van der Waals surface area contributed by atoms with E-state index in [-0.39, 0.29) is 17.6 Å². The topological polar surface area (TPSA) is 80.5 Å². The van der Waals surface area contributed by atoms with Gasteiger partial charge in [0.05, 0.1) is 36.6 Å². The predicted octanol–water partition coefficient (Wildman–Crippen LogP) is 1.86. The fraction of sp³-hybridized carbons (Fsp3) is 0.471. The fourth-order valence-electron chi connectivity index (χ4n) is 3.57. The summed E-state index contributed by atoms with van der Waals surface area (Å²) >= 11 is 0. The average Bonchev–Trinajstić information content (AvgIpc) is 3.30. The molecule has 2 aromatic rings. The molecule has 24 heavy (non-hydrogen) atoms. The Bertz CT molecular complexity index is 732. The molecule has 126 valence electrons. The van der Waals surface area contributed by atoms with Gasteiger partial charge in [0.25, 0.3) is 5.91 Å². The molecule has 0 radical (unpaired) electrons. The first-order chi connectivity index (χ1) is 11.7. The molecule has 1 amide bonds. The number of amides is 1. The summed E-state index contributed by atoms with van der Waals surface area (Å²) in [6.45, 7) is 3.73. The van der Waals surface area contributed by atoms with Crippen molar-refractivity contribution in [1.82, 2.24) is 14.9 Å². The van der Waals surface area contributed by atoms with E-state index in [0.29, 0.717) is 37.0 Å². The molecule has 7 heteroatoms. The maximum Gasteiger partial charge on any atom is 0.257 e. The van der Waals surface area contributed by atoms with Crippen LogP contribution in [0.2, 0.25) is 0 Å². The van der Waals surface area contributed by atoms with Gasteiger partial charge in [-0.1, -0.05) is 0 Å². The second-order valence-corrected chi connectivity index (χ2v) is 6.48. The Morgan fingerprint density at radius 1 is 1.42 bits per heavy atom. The molecule has 4 rings (SSSR count). The van der Waals surface area contributed by atoms with Crippen LogP contribution in [0.25, 0.3) is 0 Å². The lowest BCUT2D eigenvalue weighted by Gasteiger charge is -2.23. The van der Waals surface area contributed by atoms with Gasteiger partial charge in [0.1, 0.15) is 5.76 Å². The van der Waals surface area contributed by atoms with Gasteiger partial charge in [-0.3, -0.25) is 4.79 Å². The molecule has 2 aliphatic rings. The van der Waals surface area contributed by atoms with Crippen LogP contribution in [-0.2, 0) is 4.74 Å². The van der Waals surface area contributed by atoms with Gasteiger partial charge in [0, 0.05) is 25.4 Å². The van der Waals surface area contributed by atoms with Crippen molar-refractivity contribution in [3.05, 3.63) is 42.1 Å². The number of likely N-dealkylation sites (tertiary alicyclic amines) is 1. The Morgan fingerprint density at radius 2 is 2.25 bits per heavy atom. The normalized spacial score (nSPS) is 26.2. The molecule has 2 unspecified atom stereocenters. The van der Waals surface area contributed by atoms with Gasteiger partial charge in [-0.05, 0) is 25.5 Å². The number of hydrogen-bond acceptors (Lipinski definition) is 6. The number of aromatic nitrogens is 2. The highest BCUT2D eigenvalue weighted by molar-refractivity contribution is 5.95. The van der Waals surface area contributed by atoms with Crippen molar-refractivity contribution in [3.63, 3.8) is 0 Å². The third-order valence-corrected chi connectivity index (χ3v) is 4.80. The van der Waals surface area contributed by atoms with Crippen LogP contribution in [0.1, 0.15) is 29.0 Å². The number of nitrogens with zero attached hydrogens (tertiary/aromatic N) is 3. The van der Waals surface area contributed by atoms with Crippen molar-refractivity contribution in [2.24, 2.45) is 0 Å². The van der Waals surface area contributed by atoms with E-state index in [1.807, 2.05) is 11.8 Å². The van der Waals surface area contributed by atoms with Crippen molar-refractivity contribution in [1.29, 1.82) is 0 Å². The van der Waals surface area contributed by atoms with Gasteiger partial charge in [-0.25, -0.2) is 9.97 Å². The first-order valence-electron chi connectivity index (χ1n) is 8.16. The number of ether oxygens (including phenoxy) is 1. The van der Waals surface area contributed by atoms with Crippen molar-refractivity contribution in [3.8, 4) is 0 Å². The molecule has 2 aromatic heterocycles. The third-order valence-electron chi connectivity index (χ3n) is 4.80. The summed E-state index contributed by atoms with van der Waals surface area (Å²) in [5.74, 6) is 1.29. The molecule has 1 spiro atoms. The summed E-state index contributed by atoms with van der Waals surface area (Å²) in [6, 6.07) is 3.68. The highest BCUT2D eigenvalue weighted by atomic mass is 16.5. The molecular formula is C17H20N4O3. The van der Waals surface area contributed by atoms with Crippen LogP contribution in [0.5, 0.6) is 0 Å². The van der Waals surface area contributed by atoms with Crippen LogP contribution in [-0.4, -0.2) is 52.1 Å². The predicted molar refractivity (Wildman–Crippen MR) is 86.7 cm³/mol. The lowest BCUT2D eigenvalue weighted by molar-refractivity contribution is 0.0124. The molecule has 4 heterocycles. The number of rotatable bonds is 3. The van der Waals surface area contributed by atoms with Crippen LogP contribution >= 0.6 is 0 Å². The number of aryl methyl sites for hydroxylation is 1. The highest BCUT2D eigenvalue weighted by Gasteiger charge is 2.47. The van der Waals surface area contributed by atoms with E-state index in [1.54, 1.807) is 30.8 Å². The number of anilines is 1. The molecule has 1 N–H and O–H groups in total. The molecule has 2 saturated heterocycles. The lowest BCUT2D eigenvalue weighted by atomic mass is 9.97. The number of nitrogens with one attached hydrogen (secondary N) is 1. The standard InChI is InChI=1S/C17H20N4O3/c1-12-14(3-8-23-12)15(22)21-7-4-17(11-21)9-13(10-24-17)20-16-18-5-2-6-19-16/h2-3,5-6,8,13H,4,7,9-11H2,1H3,(H,18,19,20). The van der Waals surface area contributed by atoms with E-state index in [1.165, 1.54) is 0 Å². The molecule has 2 aliphatic heterocycles. The molecule has 0 aromatic carbocycles. The Labute approximate surface area is 140 Å². The second kappa shape index (κ2) is 5.90. The largest absolute Gasteiger partial charge is 0.469 e. The molecule has 2 fully saturated rings. The van der Waals surface area contributed by atoms with Crippen LogP contribution in [0.3, 0.4) is 0 Å². The van der Waals surface area contributed by atoms with Crippen LogP contribution in [0.15, 0.2) is 35.2 Å². The lowest BCUT2D eigenvalue weighted by Crippen LogP contribution is -2.36. The Kier molecular flexibility index (Phi) is 3.72. The maximum absolute atomic E-state index is 12.6. The zero-order valence-electron chi connectivity index (χ0n) is 13.6. The van der Waals surface area contributed by atoms with Gasteiger partial charge >= 0.3 is 0 Å².